The van der Waals surface area contributed by atoms with Gasteiger partial charge in [-0.15, -0.1) is 0 Å². The van der Waals surface area contributed by atoms with E-state index in [1.54, 1.807) is 5.48 Å². The van der Waals surface area contributed by atoms with E-state index in [-0.39, 0.29) is 19.8 Å². The maximum absolute atomic E-state index is 12.1. The zero-order chi connectivity index (χ0) is 34.0. The highest BCUT2D eigenvalue weighted by Gasteiger charge is 2.35. The van der Waals surface area contributed by atoms with E-state index in [1.807, 2.05) is 48.5 Å². The molecule has 48 heavy (non-hydrogen) atoms. The number of unbranched alkanes of at least 4 members (excludes halogenated alkanes) is 15. The summed E-state index contributed by atoms with van der Waals surface area (Å²) in [5.41, 5.74) is 0.693. The molecule has 270 valence electrons. The number of ether oxygens (including phenoxy) is 6. The van der Waals surface area contributed by atoms with Crippen LogP contribution in [0.1, 0.15) is 116 Å². The molecule has 0 bridgehead atoms. The molecule has 0 fully saturated rings. The van der Waals surface area contributed by atoms with Gasteiger partial charge < -0.3 is 28.4 Å². The van der Waals surface area contributed by atoms with Crippen molar-refractivity contribution >= 4 is 5.91 Å². The summed E-state index contributed by atoms with van der Waals surface area (Å²) in [5.74, 6) is 1.70. The number of carbonyl (C=O) groups excluding carboxylic acids is 1. The van der Waals surface area contributed by atoms with E-state index >= 15 is 0 Å². The second-order valence-electron chi connectivity index (χ2n) is 12.8. The lowest BCUT2D eigenvalue weighted by Gasteiger charge is -2.34. The molecule has 9 heteroatoms. The number of rotatable bonds is 20. The molecule has 0 unspecified atom stereocenters. The Morgan fingerprint density at radius 1 is 0.625 bits per heavy atom. The largest absolute Gasteiger partial charge is 0.487 e. The quantitative estimate of drug-likeness (QED) is 0.0818. The van der Waals surface area contributed by atoms with Crippen LogP contribution < -0.4 is 24.4 Å². The standard InChI is InChI=1S/C39H61NO8/c1-2-3-4-5-6-7-8-9-10-11-12-13-14-15-16-21-26-39(48-31-38(41)40-42)32-46-36-24-19-17-22-34(36)44-29-27-43-28-30-45-35-23-18-20-25-37(35)47-33-39/h17-20,22-25,42H,2-16,21,26-33H2,1H3,(H,40,41). The number of hydroxylamine groups is 1. The van der Waals surface area contributed by atoms with Gasteiger partial charge in [0.25, 0.3) is 5.91 Å². The molecule has 3 rings (SSSR count). The third-order valence-corrected chi connectivity index (χ3v) is 8.77. The average Bonchev–Trinajstić information content (AvgIpc) is 3.11. The Morgan fingerprint density at radius 2 is 1.02 bits per heavy atom. The van der Waals surface area contributed by atoms with Crippen LogP contribution >= 0.6 is 0 Å². The normalized spacial score (nSPS) is 15.1. The molecule has 1 aliphatic heterocycles. The smallest absolute Gasteiger partial charge is 0.269 e. The highest BCUT2D eigenvalue weighted by molar-refractivity contribution is 5.75. The van der Waals surface area contributed by atoms with Gasteiger partial charge in [-0.2, -0.15) is 0 Å². The first kappa shape index (κ1) is 39.4. The molecule has 2 aromatic carbocycles. The summed E-state index contributed by atoms with van der Waals surface area (Å²) in [4.78, 5) is 12.1. The van der Waals surface area contributed by atoms with Crippen LogP contribution in [0.15, 0.2) is 48.5 Å². The minimum absolute atomic E-state index is 0.115. The van der Waals surface area contributed by atoms with Crippen molar-refractivity contribution in [1.82, 2.24) is 5.48 Å². The first-order valence-electron chi connectivity index (χ1n) is 18.5. The van der Waals surface area contributed by atoms with Crippen LogP contribution in [0.5, 0.6) is 23.0 Å². The molecule has 1 amide bonds. The Hall–Kier alpha value is -3.01. The van der Waals surface area contributed by atoms with Gasteiger partial charge in [-0.25, -0.2) is 5.48 Å². The summed E-state index contributed by atoms with van der Waals surface area (Å²) in [6.07, 6.45) is 21.2. The third kappa shape index (κ3) is 16.4. The van der Waals surface area contributed by atoms with E-state index in [1.165, 1.54) is 83.5 Å². The van der Waals surface area contributed by atoms with Gasteiger partial charge in [0.15, 0.2) is 23.0 Å². The minimum atomic E-state index is -0.983. The molecule has 2 N–H and O–H groups in total. The van der Waals surface area contributed by atoms with Gasteiger partial charge in [-0.3, -0.25) is 10.0 Å². The van der Waals surface area contributed by atoms with Crippen molar-refractivity contribution < 1.29 is 38.4 Å². The maximum Gasteiger partial charge on any atom is 0.269 e. The first-order valence-corrected chi connectivity index (χ1v) is 18.5. The van der Waals surface area contributed by atoms with Crippen LogP contribution in [0.2, 0.25) is 0 Å². The molecule has 0 saturated carbocycles. The first-order chi connectivity index (χ1) is 23.7. The van der Waals surface area contributed by atoms with Crippen LogP contribution in [0, 0.1) is 0 Å². The Labute approximate surface area is 288 Å². The lowest BCUT2D eigenvalue weighted by molar-refractivity contribution is -0.149. The molecule has 0 spiro atoms. The summed E-state index contributed by atoms with van der Waals surface area (Å²) >= 11 is 0. The van der Waals surface area contributed by atoms with Crippen molar-refractivity contribution in [3.05, 3.63) is 48.5 Å². The van der Waals surface area contributed by atoms with E-state index in [0.717, 1.165) is 19.3 Å². The second kappa shape index (κ2) is 25.0. The Balaban J connectivity index is 1.55. The highest BCUT2D eigenvalue weighted by Crippen LogP contribution is 2.32. The molecule has 0 aromatic heterocycles. The number of hydrogen-bond donors (Lipinski definition) is 2. The van der Waals surface area contributed by atoms with Gasteiger partial charge in [0, 0.05) is 0 Å². The molecule has 1 heterocycles. The fourth-order valence-electron chi connectivity index (χ4n) is 5.91. The zero-order valence-corrected chi connectivity index (χ0v) is 29.4. The van der Waals surface area contributed by atoms with Gasteiger partial charge in [-0.1, -0.05) is 134 Å². The van der Waals surface area contributed by atoms with Crippen LogP contribution in [-0.2, 0) is 14.3 Å². The maximum atomic E-state index is 12.1. The molecule has 0 aliphatic carbocycles. The third-order valence-electron chi connectivity index (χ3n) is 8.77. The van der Waals surface area contributed by atoms with Crippen LogP contribution in [-0.4, -0.2) is 63.0 Å². The number of hydrogen-bond acceptors (Lipinski definition) is 8. The Morgan fingerprint density at radius 3 is 1.44 bits per heavy atom. The van der Waals surface area contributed by atoms with Gasteiger partial charge in [0.05, 0.1) is 13.2 Å². The number of benzene rings is 2. The number of carbonyl (C=O) groups is 1. The Bertz CT molecular complexity index is 1060. The predicted octanol–water partition coefficient (Wildman–Crippen LogP) is 8.84. The van der Waals surface area contributed by atoms with E-state index in [0.29, 0.717) is 55.8 Å². The van der Waals surface area contributed by atoms with Crippen LogP contribution in [0.3, 0.4) is 0 Å². The molecule has 0 atom stereocenters. The topological polar surface area (TPSA) is 105 Å². The van der Waals surface area contributed by atoms with Crippen LogP contribution in [0.4, 0.5) is 0 Å². The van der Waals surface area contributed by atoms with Crippen LogP contribution in [0.25, 0.3) is 0 Å². The summed E-state index contributed by atoms with van der Waals surface area (Å²) in [6.45, 7) is 3.69. The van der Waals surface area contributed by atoms with Gasteiger partial charge in [0.2, 0.25) is 0 Å². The summed E-state index contributed by atoms with van der Waals surface area (Å²) in [6, 6.07) is 15.0. The van der Waals surface area contributed by atoms with Gasteiger partial charge in [0.1, 0.15) is 38.6 Å². The Kier molecular flexibility index (Phi) is 20.6. The summed E-state index contributed by atoms with van der Waals surface area (Å²) in [5, 5.41) is 9.21. The summed E-state index contributed by atoms with van der Waals surface area (Å²) < 4.78 is 36.5. The minimum Gasteiger partial charge on any atom is -0.487 e. The van der Waals surface area contributed by atoms with Gasteiger partial charge in [-0.05, 0) is 30.7 Å². The fraction of sp³-hybridized carbons (Fsp3) is 0.667. The lowest BCUT2D eigenvalue weighted by Crippen LogP contribution is -2.47. The van der Waals surface area contributed by atoms with Crippen molar-refractivity contribution in [3.8, 4) is 23.0 Å². The molecule has 0 saturated heterocycles. The molecule has 2 aromatic rings. The number of amides is 1. The van der Waals surface area contributed by atoms with E-state index in [9.17, 15) is 10.0 Å². The molecule has 9 nitrogen and oxygen atoms in total. The second-order valence-corrected chi connectivity index (χ2v) is 12.8. The zero-order valence-electron chi connectivity index (χ0n) is 29.4. The number of fused-ring (bicyclic) bond motifs is 2. The number of para-hydroxylation sites is 4. The fourth-order valence-corrected chi connectivity index (χ4v) is 5.91. The summed E-state index contributed by atoms with van der Waals surface area (Å²) in [7, 11) is 0. The SMILES string of the molecule is CCCCCCCCCCCCCCCCCCC1(OCC(=O)NO)COc2ccccc2OCCOCCOc2ccccc2OC1. The van der Waals surface area contributed by atoms with E-state index < -0.39 is 11.5 Å². The molecule has 0 radical (unpaired) electrons. The molecule has 1 aliphatic rings. The van der Waals surface area contributed by atoms with Crippen molar-refractivity contribution in [1.29, 1.82) is 0 Å². The highest BCUT2D eigenvalue weighted by atomic mass is 16.6. The number of nitrogens with one attached hydrogen (secondary N) is 1. The van der Waals surface area contributed by atoms with E-state index in [4.69, 9.17) is 28.4 Å². The lowest BCUT2D eigenvalue weighted by atomic mass is 9.96. The predicted molar refractivity (Wildman–Crippen MR) is 188 cm³/mol. The average molecular weight is 672 g/mol. The van der Waals surface area contributed by atoms with Crippen molar-refractivity contribution in [2.75, 3.05) is 46.2 Å². The molecular formula is C39H61NO8. The van der Waals surface area contributed by atoms with Crippen molar-refractivity contribution in [2.24, 2.45) is 0 Å². The van der Waals surface area contributed by atoms with Crippen molar-refractivity contribution in [3.63, 3.8) is 0 Å². The van der Waals surface area contributed by atoms with Gasteiger partial charge >= 0.3 is 0 Å². The van der Waals surface area contributed by atoms with E-state index in [2.05, 4.69) is 6.92 Å². The monoisotopic (exact) mass is 671 g/mol. The molecular weight excluding hydrogens is 610 g/mol. The van der Waals surface area contributed by atoms with Crippen molar-refractivity contribution in [2.45, 2.75) is 122 Å².